The molecule has 0 bridgehead atoms. The second-order valence-corrected chi connectivity index (χ2v) is 8.50. The Labute approximate surface area is 132 Å². The molecule has 2 nitrogen and oxygen atoms in total. The van der Waals surface area contributed by atoms with Gasteiger partial charge in [0.05, 0.1) is 0 Å². The summed E-state index contributed by atoms with van der Waals surface area (Å²) in [7, 11) is 0. The third kappa shape index (κ3) is 3.82. The van der Waals surface area contributed by atoms with Crippen molar-refractivity contribution in [1.29, 1.82) is 0 Å². The Bertz CT molecular complexity index is 312. The van der Waals surface area contributed by atoms with Gasteiger partial charge in [-0.1, -0.05) is 44.9 Å². The first-order valence-electron chi connectivity index (χ1n) is 9.67. The molecule has 1 aliphatic heterocycles. The Morgan fingerprint density at radius 3 is 2.05 bits per heavy atom. The summed E-state index contributed by atoms with van der Waals surface area (Å²) in [6.45, 7) is 7.41. The highest BCUT2D eigenvalue weighted by Crippen LogP contribution is 2.34. The van der Waals surface area contributed by atoms with Crippen molar-refractivity contribution in [3.05, 3.63) is 0 Å². The summed E-state index contributed by atoms with van der Waals surface area (Å²) in [5.74, 6) is 0.947. The van der Waals surface area contributed by atoms with E-state index in [1.807, 2.05) is 0 Å². The van der Waals surface area contributed by atoms with Gasteiger partial charge in [-0.2, -0.15) is 0 Å². The van der Waals surface area contributed by atoms with E-state index >= 15 is 0 Å². The molecular weight excluding hydrogens is 256 g/mol. The Kier molecular flexibility index (Phi) is 5.27. The summed E-state index contributed by atoms with van der Waals surface area (Å²) in [5, 5.41) is 3.92. The average Bonchev–Trinajstić information content (AvgIpc) is 2.77. The molecule has 3 rings (SSSR count). The Balaban J connectivity index is 1.66. The molecule has 0 aromatic carbocycles. The van der Waals surface area contributed by atoms with Crippen LogP contribution in [0.4, 0.5) is 0 Å². The molecule has 0 radical (unpaired) electrons. The summed E-state index contributed by atoms with van der Waals surface area (Å²) < 4.78 is 0. The maximum absolute atomic E-state index is 3.92. The molecule has 3 fully saturated rings. The van der Waals surface area contributed by atoms with Gasteiger partial charge in [0.15, 0.2) is 0 Å². The fraction of sp³-hybridized carbons (Fsp3) is 1.00. The minimum Gasteiger partial charge on any atom is -0.311 e. The lowest BCUT2D eigenvalue weighted by Gasteiger charge is -2.52. The standard InChI is InChI=1S/C19H36N2/c1-19(2)15-20-18(16-10-6-5-7-11-16)14-21(19)17-12-8-3-4-9-13-17/h16-18,20H,3-15H2,1-2H3. The number of hydrogen-bond acceptors (Lipinski definition) is 2. The first-order chi connectivity index (χ1) is 10.2. The van der Waals surface area contributed by atoms with E-state index in [1.54, 1.807) is 0 Å². The number of nitrogens with zero attached hydrogens (tertiary/aromatic N) is 1. The predicted octanol–water partition coefficient (Wildman–Crippen LogP) is 4.34. The highest BCUT2D eigenvalue weighted by Gasteiger charge is 2.40. The topological polar surface area (TPSA) is 15.3 Å². The van der Waals surface area contributed by atoms with Crippen molar-refractivity contribution < 1.29 is 0 Å². The van der Waals surface area contributed by atoms with Crippen LogP contribution in [0.2, 0.25) is 0 Å². The molecule has 2 heteroatoms. The number of hydrogen-bond donors (Lipinski definition) is 1. The summed E-state index contributed by atoms with van der Waals surface area (Å²) in [6, 6.07) is 1.62. The van der Waals surface area contributed by atoms with Crippen LogP contribution in [0.5, 0.6) is 0 Å². The SMILES string of the molecule is CC1(C)CNC(C2CCCCC2)CN1C1CCCCCC1. The van der Waals surface area contributed by atoms with Gasteiger partial charge in [-0.05, 0) is 45.4 Å². The van der Waals surface area contributed by atoms with Gasteiger partial charge in [-0.15, -0.1) is 0 Å². The van der Waals surface area contributed by atoms with Crippen LogP contribution in [0.25, 0.3) is 0 Å². The van der Waals surface area contributed by atoms with Crippen molar-refractivity contribution in [3.8, 4) is 0 Å². The van der Waals surface area contributed by atoms with Gasteiger partial charge < -0.3 is 5.32 Å². The van der Waals surface area contributed by atoms with Crippen LogP contribution in [0.15, 0.2) is 0 Å². The molecule has 1 saturated heterocycles. The third-order valence-electron chi connectivity index (χ3n) is 6.45. The summed E-state index contributed by atoms with van der Waals surface area (Å²) in [4.78, 5) is 2.91. The van der Waals surface area contributed by atoms with Crippen LogP contribution in [-0.4, -0.2) is 35.6 Å². The van der Waals surface area contributed by atoms with E-state index in [1.165, 1.54) is 83.7 Å². The third-order valence-corrected chi connectivity index (χ3v) is 6.45. The fourth-order valence-electron chi connectivity index (χ4n) is 5.07. The van der Waals surface area contributed by atoms with Gasteiger partial charge >= 0.3 is 0 Å². The van der Waals surface area contributed by atoms with Crippen LogP contribution in [0.3, 0.4) is 0 Å². The maximum atomic E-state index is 3.92. The molecule has 2 saturated carbocycles. The van der Waals surface area contributed by atoms with Crippen molar-refractivity contribution in [2.75, 3.05) is 13.1 Å². The van der Waals surface area contributed by atoms with Crippen LogP contribution in [-0.2, 0) is 0 Å². The molecule has 1 unspecified atom stereocenters. The van der Waals surface area contributed by atoms with Crippen LogP contribution >= 0.6 is 0 Å². The van der Waals surface area contributed by atoms with Crippen molar-refractivity contribution in [2.45, 2.75) is 102 Å². The van der Waals surface area contributed by atoms with E-state index in [0.717, 1.165) is 18.0 Å². The maximum Gasteiger partial charge on any atom is 0.0281 e. The van der Waals surface area contributed by atoms with E-state index in [0.29, 0.717) is 5.54 Å². The molecule has 1 N–H and O–H groups in total. The minimum absolute atomic E-state index is 0.347. The molecule has 0 amide bonds. The zero-order valence-corrected chi connectivity index (χ0v) is 14.4. The first kappa shape index (κ1) is 15.8. The van der Waals surface area contributed by atoms with Gasteiger partial charge in [0, 0.05) is 30.7 Å². The van der Waals surface area contributed by atoms with Gasteiger partial charge in [-0.25, -0.2) is 0 Å². The number of nitrogens with one attached hydrogen (secondary N) is 1. The Hall–Kier alpha value is -0.0800. The normalized spacial score (nSPS) is 33.7. The summed E-state index contributed by atoms with van der Waals surface area (Å²) in [5.41, 5.74) is 0.347. The molecule has 1 atom stereocenters. The largest absolute Gasteiger partial charge is 0.311 e. The predicted molar refractivity (Wildman–Crippen MR) is 90.6 cm³/mol. The molecule has 2 aliphatic carbocycles. The van der Waals surface area contributed by atoms with Gasteiger partial charge in [0.25, 0.3) is 0 Å². The number of rotatable bonds is 2. The molecule has 1 heterocycles. The van der Waals surface area contributed by atoms with E-state index < -0.39 is 0 Å². The van der Waals surface area contributed by atoms with E-state index in [4.69, 9.17) is 0 Å². The Morgan fingerprint density at radius 2 is 1.38 bits per heavy atom. The molecule has 122 valence electrons. The molecular formula is C19H36N2. The van der Waals surface area contributed by atoms with E-state index in [9.17, 15) is 0 Å². The first-order valence-corrected chi connectivity index (χ1v) is 9.67. The van der Waals surface area contributed by atoms with Gasteiger partial charge in [-0.3, -0.25) is 4.90 Å². The molecule has 0 aromatic heterocycles. The van der Waals surface area contributed by atoms with E-state index in [2.05, 4.69) is 24.1 Å². The number of piperazine rings is 1. The Morgan fingerprint density at radius 1 is 0.810 bits per heavy atom. The zero-order valence-electron chi connectivity index (χ0n) is 14.4. The van der Waals surface area contributed by atoms with Gasteiger partial charge in [0.1, 0.15) is 0 Å². The zero-order chi connectivity index (χ0) is 14.7. The highest BCUT2D eigenvalue weighted by molar-refractivity contribution is 4.98. The van der Waals surface area contributed by atoms with Crippen molar-refractivity contribution in [3.63, 3.8) is 0 Å². The van der Waals surface area contributed by atoms with Crippen LogP contribution < -0.4 is 5.32 Å². The van der Waals surface area contributed by atoms with Crippen LogP contribution in [0, 0.1) is 5.92 Å². The lowest BCUT2D eigenvalue weighted by molar-refractivity contribution is 0.00339. The summed E-state index contributed by atoms with van der Waals surface area (Å²) in [6.07, 6.45) is 16.1. The second-order valence-electron chi connectivity index (χ2n) is 8.50. The van der Waals surface area contributed by atoms with Crippen molar-refractivity contribution >= 4 is 0 Å². The lowest BCUT2D eigenvalue weighted by Crippen LogP contribution is -2.66. The lowest BCUT2D eigenvalue weighted by atomic mass is 9.81. The van der Waals surface area contributed by atoms with Crippen molar-refractivity contribution in [2.24, 2.45) is 5.92 Å². The second kappa shape index (κ2) is 7.00. The minimum atomic E-state index is 0.347. The van der Waals surface area contributed by atoms with E-state index in [-0.39, 0.29) is 0 Å². The van der Waals surface area contributed by atoms with Crippen LogP contribution in [0.1, 0.15) is 84.5 Å². The van der Waals surface area contributed by atoms with Gasteiger partial charge in [0.2, 0.25) is 0 Å². The summed E-state index contributed by atoms with van der Waals surface area (Å²) >= 11 is 0. The smallest absolute Gasteiger partial charge is 0.0281 e. The quantitative estimate of drug-likeness (QED) is 0.762. The van der Waals surface area contributed by atoms with Crippen molar-refractivity contribution in [1.82, 2.24) is 10.2 Å². The molecule has 21 heavy (non-hydrogen) atoms. The molecule has 3 aliphatic rings. The monoisotopic (exact) mass is 292 g/mol. The fourth-order valence-corrected chi connectivity index (χ4v) is 5.07. The average molecular weight is 293 g/mol. The molecule has 0 spiro atoms. The highest BCUT2D eigenvalue weighted by atomic mass is 15.3. The molecule has 0 aromatic rings.